The maximum absolute atomic E-state index is 12.0. The molecule has 0 aromatic heterocycles. The normalized spacial score (nSPS) is 15.3. The molecule has 2 rings (SSSR count). The Hall–Kier alpha value is -2.04. The van der Waals surface area contributed by atoms with E-state index >= 15 is 0 Å². The Kier molecular flexibility index (Phi) is 5.60. The van der Waals surface area contributed by atoms with Crippen LogP contribution in [0, 0.1) is 0 Å². The van der Waals surface area contributed by atoms with Gasteiger partial charge in [0.05, 0.1) is 0 Å². The highest BCUT2D eigenvalue weighted by Gasteiger charge is 2.15. The quantitative estimate of drug-likeness (QED) is 0.794. The Bertz CT molecular complexity index is 496. The number of nitrogens with one attached hydrogen (secondary N) is 3. The van der Waals surface area contributed by atoms with Crippen LogP contribution in [0.25, 0.3) is 0 Å². The van der Waals surface area contributed by atoms with Gasteiger partial charge in [0.2, 0.25) is 5.91 Å². The molecule has 1 aliphatic carbocycles. The summed E-state index contributed by atoms with van der Waals surface area (Å²) >= 11 is 0. The number of amides is 3. The van der Waals surface area contributed by atoms with E-state index < -0.39 is 0 Å². The maximum atomic E-state index is 12.0. The monoisotopic (exact) mass is 289 g/mol. The first kappa shape index (κ1) is 15.4. The lowest BCUT2D eigenvalue weighted by molar-refractivity contribution is -0.115. The topological polar surface area (TPSA) is 70.2 Å². The zero-order valence-electron chi connectivity index (χ0n) is 12.4. The minimum Gasteiger partial charge on any atom is -0.335 e. The van der Waals surface area contributed by atoms with Crippen LogP contribution in [0.2, 0.25) is 0 Å². The molecule has 5 heteroatoms. The van der Waals surface area contributed by atoms with Crippen molar-refractivity contribution in [2.75, 3.05) is 10.6 Å². The fourth-order valence-electron chi connectivity index (χ4n) is 2.52. The molecule has 3 N–H and O–H groups in total. The zero-order chi connectivity index (χ0) is 15.1. The number of hydrogen-bond acceptors (Lipinski definition) is 2. The number of carbonyl (C=O) groups is 2. The molecule has 0 saturated heterocycles. The van der Waals surface area contributed by atoms with Crippen molar-refractivity contribution in [3.05, 3.63) is 24.3 Å². The second-order valence-electron chi connectivity index (χ2n) is 5.42. The van der Waals surface area contributed by atoms with Crippen molar-refractivity contribution >= 4 is 23.3 Å². The molecule has 0 heterocycles. The van der Waals surface area contributed by atoms with Crippen LogP contribution in [-0.2, 0) is 4.79 Å². The highest BCUT2D eigenvalue weighted by Crippen LogP contribution is 2.18. The van der Waals surface area contributed by atoms with Gasteiger partial charge in [-0.15, -0.1) is 0 Å². The summed E-state index contributed by atoms with van der Waals surface area (Å²) in [7, 11) is 0. The summed E-state index contributed by atoms with van der Waals surface area (Å²) in [5, 5.41) is 8.60. The van der Waals surface area contributed by atoms with Crippen LogP contribution in [0.15, 0.2) is 24.3 Å². The molecule has 21 heavy (non-hydrogen) atoms. The first-order valence-electron chi connectivity index (χ1n) is 7.65. The Morgan fingerprint density at radius 1 is 1.10 bits per heavy atom. The molecular formula is C16H23N3O2. The van der Waals surface area contributed by atoms with Crippen LogP contribution < -0.4 is 16.0 Å². The number of carbonyl (C=O) groups excluding carboxylic acids is 2. The molecule has 0 aliphatic heterocycles. The molecule has 0 spiro atoms. The molecule has 0 unspecified atom stereocenters. The molecule has 3 amide bonds. The van der Waals surface area contributed by atoms with Gasteiger partial charge in [0.15, 0.2) is 0 Å². The van der Waals surface area contributed by atoms with Crippen molar-refractivity contribution < 1.29 is 9.59 Å². The molecule has 1 aromatic carbocycles. The number of urea groups is 1. The van der Waals surface area contributed by atoms with Gasteiger partial charge in [0, 0.05) is 23.8 Å². The molecule has 1 fully saturated rings. The van der Waals surface area contributed by atoms with E-state index in [9.17, 15) is 9.59 Å². The molecule has 1 aromatic rings. The van der Waals surface area contributed by atoms with E-state index in [1.54, 1.807) is 19.1 Å². The first-order chi connectivity index (χ1) is 10.2. The average molecular weight is 289 g/mol. The van der Waals surface area contributed by atoms with E-state index in [-0.39, 0.29) is 18.0 Å². The lowest BCUT2D eigenvalue weighted by Crippen LogP contribution is -2.39. The minimum atomic E-state index is -0.180. The second-order valence-corrected chi connectivity index (χ2v) is 5.42. The van der Waals surface area contributed by atoms with E-state index in [0.717, 1.165) is 12.8 Å². The third kappa shape index (κ3) is 5.10. The summed E-state index contributed by atoms with van der Waals surface area (Å²) in [5.74, 6) is -0.0428. The van der Waals surface area contributed by atoms with Crippen molar-refractivity contribution in [1.82, 2.24) is 5.32 Å². The van der Waals surface area contributed by atoms with Gasteiger partial charge >= 0.3 is 6.03 Å². The molecule has 1 saturated carbocycles. The van der Waals surface area contributed by atoms with Crippen LogP contribution >= 0.6 is 0 Å². The van der Waals surface area contributed by atoms with E-state index in [2.05, 4.69) is 16.0 Å². The van der Waals surface area contributed by atoms with E-state index in [1.807, 2.05) is 12.1 Å². The van der Waals surface area contributed by atoms with Crippen LogP contribution in [0.4, 0.5) is 16.2 Å². The highest BCUT2D eigenvalue weighted by atomic mass is 16.2. The summed E-state index contributed by atoms with van der Waals surface area (Å²) in [6.07, 6.45) is 6.17. The Labute approximate surface area is 125 Å². The van der Waals surface area contributed by atoms with E-state index in [0.29, 0.717) is 17.8 Å². The Morgan fingerprint density at radius 2 is 1.76 bits per heavy atom. The summed E-state index contributed by atoms with van der Waals surface area (Å²) in [6, 6.07) is 7.28. The van der Waals surface area contributed by atoms with Crippen molar-refractivity contribution in [3.63, 3.8) is 0 Å². The SMILES string of the molecule is CCC(=O)Nc1cccc(NC(=O)NC2CCCCC2)c1. The third-order valence-corrected chi connectivity index (χ3v) is 3.67. The van der Waals surface area contributed by atoms with Crippen LogP contribution in [0.5, 0.6) is 0 Å². The van der Waals surface area contributed by atoms with Crippen molar-refractivity contribution in [2.45, 2.75) is 51.5 Å². The smallest absolute Gasteiger partial charge is 0.319 e. The number of rotatable bonds is 4. The van der Waals surface area contributed by atoms with Crippen molar-refractivity contribution in [2.24, 2.45) is 0 Å². The highest BCUT2D eigenvalue weighted by molar-refractivity contribution is 5.93. The van der Waals surface area contributed by atoms with Crippen LogP contribution in [0.1, 0.15) is 45.4 Å². The maximum Gasteiger partial charge on any atom is 0.319 e. The van der Waals surface area contributed by atoms with Crippen LogP contribution in [0.3, 0.4) is 0 Å². The zero-order valence-corrected chi connectivity index (χ0v) is 12.4. The average Bonchev–Trinajstić information content (AvgIpc) is 2.48. The molecule has 1 aliphatic rings. The molecule has 0 bridgehead atoms. The van der Waals surface area contributed by atoms with Gasteiger partial charge in [-0.05, 0) is 31.0 Å². The Balaban J connectivity index is 1.87. The number of hydrogen-bond donors (Lipinski definition) is 3. The molecule has 114 valence electrons. The van der Waals surface area contributed by atoms with Gasteiger partial charge in [-0.1, -0.05) is 32.3 Å². The lowest BCUT2D eigenvalue weighted by atomic mass is 9.96. The van der Waals surface area contributed by atoms with E-state index in [1.165, 1.54) is 19.3 Å². The fraction of sp³-hybridized carbons (Fsp3) is 0.500. The lowest BCUT2D eigenvalue weighted by Gasteiger charge is -2.22. The Morgan fingerprint density at radius 3 is 2.43 bits per heavy atom. The first-order valence-corrected chi connectivity index (χ1v) is 7.65. The molecule has 0 radical (unpaired) electrons. The summed E-state index contributed by atoms with van der Waals surface area (Å²) in [5.41, 5.74) is 1.37. The van der Waals surface area contributed by atoms with Gasteiger partial charge < -0.3 is 16.0 Å². The van der Waals surface area contributed by atoms with Gasteiger partial charge in [-0.25, -0.2) is 4.79 Å². The van der Waals surface area contributed by atoms with Gasteiger partial charge in [-0.3, -0.25) is 4.79 Å². The van der Waals surface area contributed by atoms with Crippen molar-refractivity contribution in [1.29, 1.82) is 0 Å². The third-order valence-electron chi connectivity index (χ3n) is 3.67. The predicted molar refractivity (Wildman–Crippen MR) is 84.4 cm³/mol. The summed E-state index contributed by atoms with van der Waals surface area (Å²) in [6.45, 7) is 1.80. The number of benzene rings is 1. The second kappa shape index (κ2) is 7.67. The molecule has 5 nitrogen and oxygen atoms in total. The summed E-state index contributed by atoms with van der Waals surface area (Å²) in [4.78, 5) is 23.3. The largest absolute Gasteiger partial charge is 0.335 e. The standard InChI is InChI=1S/C16H23N3O2/c1-2-15(20)17-13-9-6-10-14(11-13)19-16(21)18-12-7-4-3-5-8-12/h6,9-12H,2-5,7-8H2,1H3,(H,17,20)(H2,18,19,21). The van der Waals surface area contributed by atoms with Gasteiger partial charge in [-0.2, -0.15) is 0 Å². The van der Waals surface area contributed by atoms with E-state index in [4.69, 9.17) is 0 Å². The number of anilines is 2. The van der Waals surface area contributed by atoms with Gasteiger partial charge in [0.1, 0.15) is 0 Å². The van der Waals surface area contributed by atoms with Crippen molar-refractivity contribution in [3.8, 4) is 0 Å². The predicted octanol–water partition coefficient (Wildman–Crippen LogP) is 3.49. The van der Waals surface area contributed by atoms with Crippen LogP contribution in [-0.4, -0.2) is 18.0 Å². The molecular weight excluding hydrogens is 266 g/mol. The van der Waals surface area contributed by atoms with Gasteiger partial charge in [0.25, 0.3) is 0 Å². The fourth-order valence-corrected chi connectivity index (χ4v) is 2.52. The minimum absolute atomic E-state index is 0.0428. The molecule has 0 atom stereocenters. The summed E-state index contributed by atoms with van der Waals surface area (Å²) < 4.78 is 0.